The van der Waals surface area contributed by atoms with Gasteiger partial charge in [0.25, 0.3) is 0 Å². The molecule has 1 aliphatic heterocycles. The molecule has 0 bridgehead atoms. The number of nitrogens with zero attached hydrogens (tertiary/aromatic N) is 1. The average molecular weight is 445 g/mol. The van der Waals surface area contributed by atoms with Gasteiger partial charge in [-0.3, -0.25) is 4.79 Å². The van der Waals surface area contributed by atoms with Crippen molar-refractivity contribution in [3.05, 3.63) is 59.2 Å². The van der Waals surface area contributed by atoms with Gasteiger partial charge < -0.3 is 19.5 Å². The molecule has 0 aromatic heterocycles. The van der Waals surface area contributed by atoms with Gasteiger partial charge >= 0.3 is 6.36 Å². The zero-order valence-electron chi connectivity index (χ0n) is 15.7. The van der Waals surface area contributed by atoms with E-state index in [1.807, 2.05) is 0 Å². The predicted molar refractivity (Wildman–Crippen MR) is 99.1 cm³/mol. The number of aliphatic hydroxyl groups is 1. The molecule has 162 valence electrons. The van der Waals surface area contributed by atoms with Crippen LogP contribution in [0.25, 0.3) is 0 Å². The van der Waals surface area contributed by atoms with Crippen LogP contribution < -0.4 is 9.47 Å². The van der Waals surface area contributed by atoms with Crippen molar-refractivity contribution in [2.75, 3.05) is 12.9 Å². The minimum absolute atomic E-state index is 0.0279. The van der Waals surface area contributed by atoms with Gasteiger partial charge in [-0.25, -0.2) is 8.42 Å². The molecular formula is C19H18F3NO6S. The number of halogens is 3. The number of benzene rings is 2. The lowest BCUT2D eigenvalue weighted by molar-refractivity contribution is -0.274. The van der Waals surface area contributed by atoms with E-state index in [1.165, 1.54) is 19.2 Å². The molecule has 1 atom stereocenters. The Morgan fingerprint density at radius 1 is 1.17 bits per heavy atom. The number of alkyl halides is 3. The molecule has 1 unspecified atom stereocenters. The zero-order valence-corrected chi connectivity index (χ0v) is 16.5. The van der Waals surface area contributed by atoms with Crippen LogP contribution in [0.5, 0.6) is 11.5 Å². The van der Waals surface area contributed by atoms with Gasteiger partial charge in [-0.05, 0) is 17.7 Å². The Hall–Kier alpha value is -2.79. The van der Waals surface area contributed by atoms with Crippen LogP contribution in [0.3, 0.4) is 0 Å². The number of hydrogen-bond donors (Lipinski definition) is 1. The Kier molecular flexibility index (Phi) is 5.95. The average Bonchev–Trinajstić information content (AvgIpc) is 2.88. The van der Waals surface area contributed by atoms with Crippen molar-refractivity contribution in [2.24, 2.45) is 0 Å². The third-order valence-corrected chi connectivity index (χ3v) is 6.39. The van der Waals surface area contributed by atoms with Crippen LogP contribution in [-0.2, 0) is 27.8 Å². The number of amides is 1. The second-order valence-electron chi connectivity index (χ2n) is 6.57. The molecule has 0 radical (unpaired) electrons. The molecule has 1 aliphatic rings. The number of methoxy groups -OCH3 is 1. The van der Waals surface area contributed by atoms with Gasteiger partial charge in [-0.15, -0.1) is 13.2 Å². The summed E-state index contributed by atoms with van der Waals surface area (Å²) in [5.74, 6) is -1.76. The van der Waals surface area contributed by atoms with Crippen LogP contribution >= 0.6 is 0 Å². The molecule has 7 nitrogen and oxygen atoms in total. The summed E-state index contributed by atoms with van der Waals surface area (Å²) in [5.41, 5.74) is 0.865. The van der Waals surface area contributed by atoms with Crippen molar-refractivity contribution < 1.29 is 41.0 Å². The number of aliphatic hydroxyl groups excluding tert-OH is 1. The van der Waals surface area contributed by atoms with E-state index in [9.17, 15) is 31.5 Å². The Bertz CT molecular complexity index is 1050. The van der Waals surface area contributed by atoms with Gasteiger partial charge in [0.05, 0.1) is 20.3 Å². The molecule has 1 amide bonds. The monoisotopic (exact) mass is 445 g/mol. The summed E-state index contributed by atoms with van der Waals surface area (Å²) < 4.78 is 72.1. The first kappa shape index (κ1) is 21.9. The van der Waals surface area contributed by atoms with Gasteiger partial charge in [0, 0.05) is 11.1 Å². The van der Waals surface area contributed by atoms with Crippen LogP contribution in [0.1, 0.15) is 22.1 Å². The maximum atomic E-state index is 12.7. The fraction of sp³-hybridized carbons (Fsp3) is 0.316. The molecule has 1 saturated heterocycles. The van der Waals surface area contributed by atoms with Crippen molar-refractivity contribution in [1.29, 1.82) is 0 Å². The highest BCUT2D eigenvalue weighted by Gasteiger charge is 2.45. The largest absolute Gasteiger partial charge is 0.573 e. The van der Waals surface area contributed by atoms with E-state index in [4.69, 9.17) is 4.74 Å². The normalized spacial score (nSPS) is 18.5. The SMILES string of the molecule is COc1c(CO)cccc1CN1C(=O)CS(=O)(=O)C1c1cccc(OC(F)(F)F)c1. The van der Waals surface area contributed by atoms with Crippen molar-refractivity contribution >= 4 is 15.7 Å². The van der Waals surface area contributed by atoms with Crippen LogP contribution in [0.15, 0.2) is 42.5 Å². The fourth-order valence-electron chi connectivity index (χ4n) is 3.41. The van der Waals surface area contributed by atoms with Crippen molar-refractivity contribution in [1.82, 2.24) is 4.90 Å². The summed E-state index contributed by atoms with van der Waals surface area (Å²) in [6, 6.07) is 9.36. The Morgan fingerprint density at radius 3 is 2.47 bits per heavy atom. The fourth-order valence-corrected chi connectivity index (χ4v) is 5.22. The topological polar surface area (TPSA) is 93.1 Å². The molecule has 2 aromatic carbocycles. The van der Waals surface area contributed by atoms with Crippen molar-refractivity contribution in [2.45, 2.75) is 24.9 Å². The first-order valence-corrected chi connectivity index (χ1v) is 10.4. The molecule has 0 spiro atoms. The lowest BCUT2D eigenvalue weighted by Gasteiger charge is -2.25. The second-order valence-corrected chi connectivity index (χ2v) is 8.63. The maximum Gasteiger partial charge on any atom is 0.573 e. The molecule has 2 aromatic rings. The van der Waals surface area contributed by atoms with Crippen molar-refractivity contribution in [3.8, 4) is 11.5 Å². The highest BCUT2D eigenvalue weighted by Crippen LogP contribution is 2.38. The number of sulfone groups is 1. The third kappa shape index (κ3) is 4.51. The summed E-state index contributed by atoms with van der Waals surface area (Å²) in [4.78, 5) is 13.5. The van der Waals surface area contributed by atoms with E-state index in [1.54, 1.807) is 18.2 Å². The standard InChI is InChI=1S/C19H18F3NO6S/c1-28-17-13(5-2-6-14(17)10-24)9-23-16(25)11-30(26,27)18(23)12-4-3-7-15(8-12)29-19(20,21)22/h2-8,18,24H,9-11H2,1H3. The van der Waals surface area contributed by atoms with Crippen LogP contribution in [0.4, 0.5) is 13.2 Å². The van der Waals surface area contributed by atoms with E-state index in [0.717, 1.165) is 17.0 Å². The minimum Gasteiger partial charge on any atom is -0.496 e. The van der Waals surface area contributed by atoms with Crippen LogP contribution in [0.2, 0.25) is 0 Å². The Balaban J connectivity index is 2.01. The summed E-state index contributed by atoms with van der Waals surface area (Å²) in [6.07, 6.45) is -4.94. The maximum absolute atomic E-state index is 12.7. The van der Waals surface area contributed by atoms with Gasteiger partial charge in [0.2, 0.25) is 5.91 Å². The highest BCUT2D eigenvalue weighted by atomic mass is 32.2. The summed E-state index contributed by atoms with van der Waals surface area (Å²) in [5, 5.41) is 7.98. The van der Waals surface area contributed by atoms with E-state index < -0.39 is 39.0 Å². The van der Waals surface area contributed by atoms with E-state index in [-0.39, 0.29) is 18.7 Å². The first-order valence-electron chi connectivity index (χ1n) is 8.68. The Morgan fingerprint density at radius 2 is 1.83 bits per heavy atom. The smallest absolute Gasteiger partial charge is 0.496 e. The second kappa shape index (κ2) is 8.15. The van der Waals surface area contributed by atoms with Crippen LogP contribution in [0, 0.1) is 0 Å². The molecule has 0 aliphatic carbocycles. The quantitative estimate of drug-likeness (QED) is 0.735. The highest BCUT2D eigenvalue weighted by molar-refractivity contribution is 7.92. The van der Waals surface area contributed by atoms with Crippen molar-refractivity contribution in [3.63, 3.8) is 0 Å². The summed E-state index contributed by atoms with van der Waals surface area (Å²) in [7, 11) is -2.63. The lowest BCUT2D eigenvalue weighted by Crippen LogP contribution is -2.29. The van der Waals surface area contributed by atoms with Gasteiger partial charge in [-0.1, -0.05) is 30.3 Å². The third-order valence-electron chi connectivity index (χ3n) is 4.54. The molecule has 1 fully saturated rings. The number of ether oxygens (including phenoxy) is 2. The van der Waals surface area contributed by atoms with E-state index >= 15 is 0 Å². The molecule has 1 heterocycles. The molecule has 1 N–H and O–H groups in total. The number of carbonyl (C=O) groups excluding carboxylic acids is 1. The molecule has 30 heavy (non-hydrogen) atoms. The van der Waals surface area contributed by atoms with Crippen LogP contribution in [-0.4, -0.2) is 43.6 Å². The molecule has 0 saturated carbocycles. The van der Waals surface area contributed by atoms with Gasteiger partial charge in [0.1, 0.15) is 17.3 Å². The zero-order chi connectivity index (χ0) is 22.1. The Labute approximate surface area is 170 Å². The minimum atomic E-state index is -4.94. The van der Waals surface area contributed by atoms with E-state index in [0.29, 0.717) is 16.9 Å². The molecule has 3 rings (SSSR count). The number of rotatable bonds is 6. The summed E-state index contributed by atoms with van der Waals surface area (Å²) in [6.45, 7) is -0.506. The molecule has 11 heteroatoms. The number of para-hydroxylation sites is 1. The number of hydrogen-bond acceptors (Lipinski definition) is 6. The summed E-state index contributed by atoms with van der Waals surface area (Å²) >= 11 is 0. The predicted octanol–water partition coefficient (Wildman–Crippen LogP) is 2.54. The first-order chi connectivity index (χ1) is 14.1. The molecular weight excluding hydrogens is 427 g/mol. The number of carbonyl (C=O) groups is 1. The van der Waals surface area contributed by atoms with E-state index in [2.05, 4.69) is 4.74 Å². The van der Waals surface area contributed by atoms with Gasteiger partial charge in [0.15, 0.2) is 15.2 Å². The lowest BCUT2D eigenvalue weighted by atomic mass is 10.1. The van der Waals surface area contributed by atoms with Gasteiger partial charge in [-0.2, -0.15) is 0 Å².